The van der Waals surface area contributed by atoms with E-state index in [4.69, 9.17) is 18.9 Å². The molecule has 2 aromatic rings. The lowest BCUT2D eigenvalue weighted by atomic mass is 10.0. The Morgan fingerprint density at radius 1 is 0.641 bits per heavy atom. The predicted molar refractivity (Wildman–Crippen MR) is 167 cm³/mol. The van der Waals surface area contributed by atoms with Gasteiger partial charge in [0.05, 0.1) is 27.4 Å². The lowest BCUT2D eigenvalue weighted by molar-refractivity contribution is 0.232. The van der Waals surface area contributed by atoms with Gasteiger partial charge in [-0.05, 0) is 61.9 Å². The van der Waals surface area contributed by atoms with E-state index >= 15 is 0 Å². The fraction of sp³-hybridized carbons (Fsp3) is 0.543. The van der Waals surface area contributed by atoms with Gasteiger partial charge in [0.2, 0.25) is 0 Å². The van der Waals surface area contributed by atoms with Crippen molar-refractivity contribution in [2.75, 3.05) is 27.4 Å². The molecule has 0 saturated carbocycles. The molecule has 0 fully saturated rings. The second-order valence-corrected chi connectivity index (χ2v) is 10.3. The van der Waals surface area contributed by atoms with Crippen LogP contribution < -0.4 is 18.9 Å². The van der Waals surface area contributed by atoms with Crippen LogP contribution in [0.25, 0.3) is 18.2 Å². The molecular formula is C35H52O4. The van der Waals surface area contributed by atoms with Crippen molar-refractivity contribution >= 4 is 18.2 Å². The van der Waals surface area contributed by atoms with Crippen LogP contribution >= 0.6 is 0 Å². The molecule has 0 heterocycles. The Morgan fingerprint density at radius 3 is 1.69 bits per heavy atom. The molecule has 39 heavy (non-hydrogen) atoms. The first kappa shape index (κ1) is 32.3. The van der Waals surface area contributed by atoms with Crippen molar-refractivity contribution in [2.45, 2.75) is 86.0 Å². The Labute approximate surface area is 238 Å². The summed E-state index contributed by atoms with van der Waals surface area (Å²) in [6.45, 7) is 12.4. The Bertz CT molecular complexity index is 1020. The van der Waals surface area contributed by atoms with Crippen LogP contribution in [0.2, 0.25) is 0 Å². The third kappa shape index (κ3) is 10.7. The summed E-state index contributed by atoms with van der Waals surface area (Å²) in [5.41, 5.74) is 2.97. The van der Waals surface area contributed by atoms with E-state index in [1.165, 1.54) is 38.5 Å². The Morgan fingerprint density at radius 2 is 1.18 bits per heavy atom. The summed E-state index contributed by atoms with van der Waals surface area (Å²) in [7, 11) is 3.41. The Hall–Kier alpha value is -2.88. The van der Waals surface area contributed by atoms with Crippen LogP contribution in [0.5, 0.6) is 23.0 Å². The molecule has 2 unspecified atom stereocenters. The fourth-order valence-electron chi connectivity index (χ4n) is 4.64. The third-order valence-corrected chi connectivity index (χ3v) is 7.40. The zero-order valence-electron chi connectivity index (χ0n) is 25.6. The second kappa shape index (κ2) is 18.4. The van der Waals surface area contributed by atoms with Gasteiger partial charge in [-0.25, -0.2) is 0 Å². The van der Waals surface area contributed by atoms with Gasteiger partial charge in [0.25, 0.3) is 0 Å². The van der Waals surface area contributed by atoms with Gasteiger partial charge >= 0.3 is 0 Å². The summed E-state index contributed by atoms with van der Waals surface area (Å²) in [6.07, 6.45) is 17.8. The highest BCUT2D eigenvalue weighted by atomic mass is 16.5. The molecule has 4 heteroatoms. The van der Waals surface area contributed by atoms with E-state index in [9.17, 15) is 0 Å². The van der Waals surface area contributed by atoms with Gasteiger partial charge in [-0.1, -0.05) is 90.5 Å². The maximum Gasteiger partial charge on any atom is 0.127 e. The lowest BCUT2D eigenvalue weighted by Gasteiger charge is -2.18. The minimum Gasteiger partial charge on any atom is -0.497 e. The summed E-state index contributed by atoms with van der Waals surface area (Å²) in [5, 5.41) is 0. The van der Waals surface area contributed by atoms with E-state index in [1.807, 2.05) is 31.2 Å². The second-order valence-electron chi connectivity index (χ2n) is 10.3. The van der Waals surface area contributed by atoms with Crippen molar-refractivity contribution in [3.05, 3.63) is 53.1 Å². The van der Waals surface area contributed by atoms with E-state index < -0.39 is 0 Å². The highest BCUT2D eigenvalue weighted by molar-refractivity contribution is 5.78. The molecule has 4 nitrogen and oxygen atoms in total. The van der Waals surface area contributed by atoms with Gasteiger partial charge in [0.1, 0.15) is 23.0 Å². The number of benzene rings is 2. The van der Waals surface area contributed by atoms with Gasteiger partial charge in [-0.15, -0.1) is 0 Å². The van der Waals surface area contributed by atoms with Crippen molar-refractivity contribution in [2.24, 2.45) is 11.8 Å². The van der Waals surface area contributed by atoms with Crippen LogP contribution in [0.1, 0.15) is 103 Å². The number of unbranched alkanes of at least 4 members (excludes halogenated alkanes) is 2. The lowest BCUT2D eigenvalue weighted by Crippen LogP contribution is -2.12. The maximum atomic E-state index is 6.42. The monoisotopic (exact) mass is 536 g/mol. The zero-order chi connectivity index (χ0) is 28.5. The van der Waals surface area contributed by atoms with Gasteiger partial charge in [0, 0.05) is 16.7 Å². The first-order valence-corrected chi connectivity index (χ1v) is 15.0. The number of ether oxygens (including phenoxy) is 4. The number of hydrogen-bond acceptors (Lipinski definition) is 4. The molecule has 0 amide bonds. The quantitative estimate of drug-likeness (QED) is 0.167. The average molecular weight is 537 g/mol. The maximum absolute atomic E-state index is 6.42. The van der Waals surface area contributed by atoms with Crippen molar-refractivity contribution in [3.63, 3.8) is 0 Å². The molecule has 0 radical (unpaired) electrons. The first-order chi connectivity index (χ1) is 19.0. The zero-order valence-corrected chi connectivity index (χ0v) is 25.6. The van der Waals surface area contributed by atoms with Crippen LogP contribution in [0, 0.1) is 11.8 Å². The van der Waals surface area contributed by atoms with E-state index in [0.717, 1.165) is 65.7 Å². The number of allylic oxidation sites excluding steroid dienone is 1. The van der Waals surface area contributed by atoms with E-state index in [-0.39, 0.29) is 0 Å². The molecule has 0 spiro atoms. The standard InChI is InChI=1S/C35H52O4/c1-8-13-16-27(11-4)25-38-33-21-20-32(36-6)22-30(33)18-19-31-24-35(29(15-10-3)23-34(31)37-7)39-26-28(12-5)17-14-9-2/h10,15,18-24,27-28H,8-9,11-14,16-17,25-26H2,1-7H3/b15-10+,19-18+. The van der Waals surface area contributed by atoms with Crippen LogP contribution in [-0.4, -0.2) is 27.4 Å². The van der Waals surface area contributed by atoms with E-state index in [0.29, 0.717) is 11.8 Å². The summed E-state index contributed by atoms with van der Waals surface area (Å²) in [4.78, 5) is 0. The smallest absolute Gasteiger partial charge is 0.127 e. The number of hydrogen-bond donors (Lipinski definition) is 0. The van der Waals surface area contributed by atoms with Crippen molar-refractivity contribution in [1.29, 1.82) is 0 Å². The molecule has 216 valence electrons. The van der Waals surface area contributed by atoms with E-state index in [2.05, 4.69) is 58.1 Å². The van der Waals surface area contributed by atoms with Crippen molar-refractivity contribution in [1.82, 2.24) is 0 Å². The summed E-state index contributed by atoms with van der Waals surface area (Å²) < 4.78 is 24.1. The summed E-state index contributed by atoms with van der Waals surface area (Å²) in [5.74, 6) is 4.48. The molecule has 0 aliphatic rings. The molecule has 2 aromatic carbocycles. The van der Waals surface area contributed by atoms with Crippen LogP contribution in [0.3, 0.4) is 0 Å². The van der Waals surface area contributed by atoms with Crippen molar-refractivity contribution < 1.29 is 18.9 Å². The Kier molecular flexibility index (Phi) is 15.3. The SMILES string of the molecule is C/C=C/c1cc(OC)c(/C=C/c2cc(OC)ccc2OCC(CC)CCCC)cc1OCC(CC)CCCC. The molecule has 0 aliphatic heterocycles. The topological polar surface area (TPSA) is 36.9 Å². The number of rotatable bonds is 19. The van der Waals surface area contributed by atoms with Gasteiger partial charge < -0.3 is 18.9 Å². The van der Waals surface area contributed by atoms with Crippen molar-refractivity contribution in [3.8, 4) is 23.0 Å². The van der Waals surface area contributed by atoms with E-state index in [1.54, 1.807) is 14.2 Å². The fourth-order valence-corrected chi connectivity index (χ4v) is 4.64. The van der Waals surface area contributed by atoms with Gasteiger partial charge in [-0.3, -0.25) is 0 Å². The summed E-state index contributed by atoms with van der Waals surface area (Å²) >= 11 is 0. The molecule has 0 N–H and O–H groups in total. The molecule has 2 atom stereocenters. The van der Waals surface area contributed by atoms with Gasteiger partial charge in [0.15, 0.2) is 0 Å². The normalized spacial score (nSPS) is 13.1. The minimum absolute atomic E-state index is 0.560. The Balaban J connectivity index is 2.36. The highest BCUT2D eigenvalue weighted by Crippen LogP contribution is 2.34. The molecule has 0 saturated heterocycles. The summed E-state index contributed by atoms with van der Waals surface area (Å²) in [6, 6.07) is 10.1. The molecule has 2 rings (SSSR count). The minimum atomic E-state index is 0.560. The highest BCUT2D eigenvalue weighted by Gasteiger charge is 2.13. The largest absolute Gasteiger partial charge is 0.497 e. The molecule has 0 aromatic heterocycles. The first-order valence-electron chi connectivity index (χ1n) is 15.0. The average Bonchev–Trinajstić information content (AvgIpc) is 2.97. The van der Waals surface area contributed by atoms with Crippen LogP contribution in [0.15, 0.2) is 36.4 Å². The third-order valence-electron chi connectivity index (χ3n) is 7.40. The predicted octanol–water partition coefficient (Wildman–Crippen LogP) is 10.1. The molecule has 0 bridgehead atoms. The molecule has 0 aliphatic carbocycles. The van der Waals surface area contributed by atoms with Crippen LogP contribution in [-0.2, 0) is 0 Å². The van der Waals surface area contributed by atoms with Gasteiger partial charge in [-0.2, -0.15) is 0 Å². The number of methoxy groups -OCH3 is 2. The molecular weight excluding hydrogens is 484 g/mol. The van der Waals surface area contributed by atoms with Crippen LogP contribution in [0.4, 0.5) is 0 Å².